The molecular formula is C12H9BrFNO. The van der Waals surface area contributed by atoms with Gasteiger partial charge in [0.2, 0.25) is 5.88 Å². The number of rotatable bonds is 3. The van der Waals surface area contributed by atoms with E-state index in [4.69, 9.17) is 4.74 Å². The van der Waals surface area contributed by atoms with Crippen LogP contribution in [-0.4, -0.2) is 4.98 Å². The molecule has 2 rings (SSSR count). The molecule has 0 amide bonds. The second-order valence-corrected chi connectivity index (χ2v) is 3.73. The highest BCUT2D eigenvalue weighted by atomic mass is 79.9. The molecule has 0 atom stereocenters. The molecule has 0 radical (unpaired) electrons. The minimum Gasteiger partial charge on any atom is -0.436 e. The van der Waals surface area contributed by atoms with Crippen molar-refractivity contribution in [3.05, 3.63) is 54.0 Å². The largest absolute Gasteiger partial charge is 0.436 e. The van der Waals surface area contributed by atoms with Gasteiger partial charge in [0.1, 0.15) is 0 Å². The van der Waals surface area contributed by atoms with E-state index in [9.17, 15) is 4.39 Å². The predicted molar refractivity (Wildman–Crippen MR) is 63.3 cm³/mol. The predicted octanol–water partition coefficient (Wildman–Crippen LogP) is 3.91. The zero-order chi connectivity index (χ0) is 11.4. The van der Waals surface area contributed by atoms with Crippen LogP contribution < -0.4 is 4.74 Å². The molecule has 1 aromatic heterocycles. The van der Waals surface area contributed by atoms with Gasteiger partial charge in [-0.15, -0.1) is 0 Å². The van der Waals surface area contributed by atoms with Crippen LogP contribution in [0.25, 0.3) is 0 Å². The van der Waals surface area contributed by atoms with Gasteiger partial charge < -0.3 is 4.74 Å². The Morgan fingerprint density at radius 2 is 2.00 bits per heavy atom. The number of halogens is 2. The Balaban J connectivity index is 2.18. The molecule has 0 saturated carbocycles. The van der Waals surface area contributed by atoms with Gasteiger partial charge in [0, 0.05) is 17.6 Å². The van der Waals surface area contributed by atoms with E-state index in [1.807, 2.05) is 6.07 Å². The van der Waals surface area contributed by atoms with Gasteiger partial charge >= 0.3 is 0 Å². The maximum absolute atomic E-state index is 13.3. The van der Waals surface area contributed by atoms with Gasteiger partial charge in [-0.25, -0.2) is 9.37 Å². The van der Waals surface area contributed by atoms with E-state index >= 15 is 0 Å². The highest BCUT2D eigenvalue weighted by Crippen LogP contribution is 2.22. The van der Waals surface area contributed by atoms with Crippen molar-refractivity contribution in [2.75, 3.05) is 0 Å². The third-order valence-electron chi connectivity index (χ3n) is 2.00. The third-order valence-corrected chi connectivity index (χ3v) is 2.65. The van der Waals surface area contributed by atoms with Crippen LogP contribution in [0.3, 0.4) is 0 Å². The summed E-state index contributed by atoms with van der Waals surface area (Å²) in [7, 11) is 0. The number of aromatic nitrogens is 1. The first-order valence-electron chi connectivity index (χ1n) is 4.73. The molecule has 1 aromatic carbocycles. The van der Waals surface area contributed by atoms with Gasteiger partial charge in [0.25, 0.3) is 0 Å². The number of hydrogen-bond donors (Lipinski definition) is 0. The lowest BCUT2D eigenvalue weighted by atomic mass is 10.3. The molecule has 16 heavy (non-hydrogen) atoms. The normalized spacial score (nSPS) is 10.1. The average molecular weight is 282 g/mol. The maximum Gasteiger partial charge on any atom is 0.219 e. The van der Waals surface area contributed by atoms with Crippen LogP contribution in [0.1, 0.15) is 5.56 Å². The summed E-state index contributed by atoms with van der Waals surface area (Å²) in [4.78, 5) is 4.07. The lowest BCUT2D eigenvalue weighted by molar-refractivity contribution is 0.427. The number of nitrogens with zero attached hydrogens (tertiary/aromatic N) is 1. The Bertz CT molecular complexity index is 473. The monoisotopic (exact) mass is 281 g/mol. The molecule has 4 heteroatoms. The van der Waals surface area contributed by atoms with E-state index < -0.39 is 5.82 Å². The number of ether oxygens (including phenoxy) is 1. The molecular weight excluding hydrogens is 273 g/mol. The van der Waals surface area contributed by atoms with Gasteiger partial charge in [-0.1, -0.05) is 34.1 Å². The molecule has 0 fully saturated rings. The molecule has 0 bridgehead atoms. The zero-order valence-corrected chi connectivity index (χ0v) is 9.95. The van der Waals surface area contributed by atoms with Gasteiger partial charge in [-0.05, 0) is 17.7 Å². The van der Waals surface area contributed by atoms with Crippen LogP contribution >= 0.6 is 15.9 Å². The lowest BCUT2D eigenvalue weighted by Crippen LogP contribution is -1.91. The summed E-state index contributed by atoms with van der Waals surface area (Å²) in [6, 6.07) is 9.83. The van der Waals surface area contributed by atoms with Gasteiger partial charge in [0.15, 0.2) is 11.6 Å². The summed E-state index contributed by atoms with van der Waals surface area (Å²) in [5.41, 5.74) is 1.04. The Morgan fingerprint density at radius 1 is 1.19 bits per heavy atom. The summed E-state index contributed by atoms with van der Waals surface area (Å²) in [5.74, 6) is 0.172. The first-order chi connectivity index (χ1) is 7.79. The van der Waals surface area contributed by atoms with E-state index in [0.29, 0.717) is 5.88 Å². The molecule has 0 unspecified atom stereocenters. The van der Waals surface area contributed by atoms with E-state index in [1.54, 1.807) is 30.5 Å². The Labute approximate surface area is 101 Å². The van der Waals surface area contributed by atoms with Crippen molar-refractivity contribution < 1.29 is 9.13 Å². The van der Waals surface area contributed by atoms with Crippen LogP contribution in [0, 0.1) is 5.82 Å². The molecule has 0 spiro atoms. The lowest BCUT2D eigenvalue weighted by Gasteiger charge is -2.05. The molecule has 0 aliphatic heterocycles. The van der Waals surface area contributed by atoms with E-state index in [2.05, 4.69) is 20.9 Å². The van der Waals surface area contributed by atoms with Crippen molar-refractivity contribution in [1.82, 2.24) is 4.98 Å². The van der Waals surface area contributed by atoms with Crippen molar-refractivity contribution in [3.8, 4) is 11.6 Å². The minimum atomic E-state index is -0.395. The van der Waals surface area contributed by atoms with Crippen LogP contribution in [0.4, 0.5) is 4.39 Å². The summed E-state index contributed by atoms with van der Waals surface area (Å²) < 4.78 is 18.6. The quantitative estimate of drug-likeness (QED) is 0.796. The third kappa shape index (κ3) is 2.58. The topological polar surface area (TPSA) is 22.1 Å². The summed E-state index contributed by atoms with van der Waals surface area (Å²) >= 11 is 3.32. The van der Waals surface area contributed by atoms with Crippen molar-refractivity contribution in [2.24, 2.45) is 0 Å². The second kappa shape index (κ2) is 5.07. The highest BCUT2D eigenvalue weighted by Gasteiger charge is 2.03. The summed E-state index contributed by atoms with van der Waals surface area (Å²) in [5, 5.41) is 0.736. The smallest absolute Gasteiger partial charge is 0.219 e. The fraction of sp³-hybridized carbons (Fsp3) is 0.0833. The molecule has 0 aliphatic carbocycles. The average Bonchev–Trinajstić information content (AvgIpc) is 2.33. The standard InChI is InChI=1S/C12H9BrFNO/c13-7-9-5-6-12(15-8-9)16-11-4-2-1-3-10(11)14/h1-6,8H,7H2. The van der Waals surface area contributed by atoms with Gasteiger partial charge in [0.05, 0.1) is 0 Å². The van der Waals surface area contributed by atoms with Crippen molar-refractivity contribution in [2.45, 2.75) is 5.33 Å². The highest BCUT2D eigenvalue weighted by molar-refractivity contribution is 9.08. The Morgan fingerprint density at radius 3 is 2.62 bits per heavy atom. The fourth-order valence-electron chi connectivity index (χ4n) is 1.19. The van der Waals surface area contributed by atoms with Crippen LogP contribution in [0.2, 0.25) is 0 Å². The summed E-state index contributed by atoms with van der Waals surface area (Å²) in [6.45, 7) is 0. The van der Waals surface area contributed by atoms with Crippen LogP contribution in [-0.2, 0) is 5.33 Å². The molecule has 0 saturated heterocycles. The van der Waals surface area contributed by atoms with Crippen molar-refractivity contribution in [1.29, 1.82) is 0 Å². The fourth-order valence-corrected chi connectivity index (χ4v) is 1.52. The number of pyridine rings is 1. The second-order valence-electron chi connectivity index (χ2n) is 3.17. The summed E-state index contributed by atoms with van der Waals surface area (Å²) in [6.07, 6.45) is 1.69. The van der Waals surface area contributed by atoms with Crippen molar-refractivity contribution >= 4 is 15.9 Å². The molecule has 2 aromatic rings. The van der Waals surface area contributed by atoms with Gasteiger partial charge in [-0.2, -0.15) is 0 Å². The Hall–Kier alpha value is -1.42. The number of para-hydroxylation sites is 1. The van der Waals surface area contributed by atoms with Gasteiger partial charge in [-0.3, -0.25) is 0 Å². The van der Waals surface area contributed by atoms with E-state index in [-0.39, 0.29) is 5.75 Å². The number of benzene rings is 1. The van der Waals surface area contributed by atoms with E-state index in [0.717, 1.165) is 10.9 Å². The van der Waals surface area contributed by atoms with E-state index in [1.165, 1.54) is 6.07 Å². The van der Waals surface area contributed by atoms with Crippen molar-refractivity contribution in [3.63, 3.8) is 0 Å². The molecule has 82 valence electrons. The zero-order valence-electron chi connectivity index (χ0n) is 8.36. The minimum absolute atomic E-state index is 0.182. The van der Waals surface area contributed by atoms with Crippen LogP contribution in [0.15, 0.2) is 42.6 Å². The van der Waals surface area contributed by atoms with Crippen LogP contribution in [0.5, 0.6) is 11.6 Å². The first-order valence-corrected chi connectivity index (χ1v) is 5.85. The molecule has 2 nitrogen and oxygen atoms in total. The number of hydrogen-bond acceptors (Lipinski definition) is 2. The first kappa shape index (κ1) is 11.1. The molecule has 0 N–H and O–H groups in total. The SMILES string of the molecule is Fc1ccccc1Oc1ccc(CBr)cn1. The molecule has 0 aliphatic rings. The number of alkyl halides is 1. The maximum atomic E-state index is 13.3. The molecule has 1 heterocycles. The Kier molecular flexibility index (Phi) is 3.51.